The number of carbonyl (C=O) groups is 1. The van der Waals surface area contributed by atoms with Crippen molar-refractivity contribution < 1.29 is 27.1 Å². The first-order chi connectivity index (χ1) is 8.81. The van der Waals surface area contributed by atoms with Crippen LogP contribution in [0.25, 0.3) is 0 Å². The van der Waals surface area contributed by atoms with E-state index in [2.05, 4.69) is 0 Å². The fraction of sp³-hybridized carbons (Fsp3) is 0.462. The van der Waals surface area contributed by atoms with Crippen molar-refractivity contribution in [3.63, 3.8) is 0 Å². The molecular formula is C13H14F4O2. The van der Waals surface area contributed by atoms with Crippen LogP contribution in [0.5, 0.6) is 5.75 Å². The van der Waals surface area contributed by atoms with Crippen molar-refractivity contribution in [1.29, 1.82) is 0 Å². The molecule has 6 heteroatoms. The van der Waals surface area contributed by atoms with Crippen LogP contribution >= 0.6 is 0 Å². The molecule has 2 nitrogen and oxygen atoms in total. The van der Waals surface area contributed by atoms with Crippen LogP contribution < -0.4 is 4.74 Å². The maximum Gasteiger partial charge on any atom is 0.419 e. The number of esters is 1. The molecule has 106 valence electrons. The highest BCUT2D eigenvalue weighted by Crippen LogP contribution is 2.34. The number of benzene rings is 1. The van der Waals surface area contributed by atoms with Gasteiger partial charge >= 0.3 is 12.1 Å². The summed E-state index contributed by atoms with van der Waals surface area (Å²) in [5.41, 5.74) is -1.44. The third-order valence-electron chi connectivity index (χ3n) is 2.80. The molecule has 19 heavy (non-hydrogen) atoms. The van der Waals surface area contributed by atoms with Gasteiger partial charge in [-0.05, 0) is 25.0 Å². The molecule has 0 saturated carbocycles. The summed E-state index contributed by atoms with van der Waals surface area (Å²) in [6.45, 7) is 3.50. The summed E-state index contributed by atoms with van der Waals surface area (Å²) in [6, 6.07) is 2.61. The van der Waals surface area contributed by atoms with E-state index in [-0.39, 0.29) is 0 Å². The summed E-state index contributed by atoms with van der Waals surface area (Å²) < 4.78 is 55.7. The lowest BCUT2D eigenvalue weighted by Gasteiger charge is -2.14. The second-order valence-corrected chi connectivity index (χ2v) is 4.05. The molecule has 0 fully saturated rings. The monoisotopic (exact) mass is 278 g/mol. The Morgan fingerprint density at radius 2 is 1.84 bits per heavy atom. The zero-order valence-electron chi connectivity index (χ0n) is 10.6. The van der Waals surface area contributed by atoms with Crippen molar-refractivity contribution >= 4 is 5.97 Å². The van der Waals surface area contributed by atoms with Crippen LogP contribution in [-0.2, 0) is 11.0 Å². The van der Waals surface area contributed by atoms with E-state index in [1.807, 2.05) is 0 Å². The molecule has 0 aromatic heterocycles. The van der Waals surface area contributed by atoms with E-state index in [9.17, 15) is 22.4 Å². The average molecular weight is 278 g/mol. The van der Waals surface area contributed by atoms with Crippen LogP contribution in [0, 0.1) is 11.7 Å². The lowest BCUT2D eigenvalue weighted by Crippen LogP contribution is -2.20. The maximum absolute atomic E-state index is 13.6. The summed E-state index contributed by atoms with van der Waals surface area (Å²) in [5.74, 6) is -3.42. The van der Waals surface area contributed by atoms with Crippen molar-refractivity contribution in [2.75, 3.05) is 0 Å². The summed E-state index contributed by atoms with van der Waals surface area (Å²) in [6.07, 6.45) is -3.85. The first-order valence-electron chi connectivity index (χ1n) is 5.88. The average Bonchev–Trinajstić information content (AvgIpc) is 2.32. The summed E-state index contributed by atoms with van der Waals surface area (Å²) in [4.78, 5) is 11.6. The quantitative estimate of drug-likeness (QED) is 0.469. The van der Waals surface area contributed by atoms with E-state index >= 15 is 0 Å². The molecule has 0 radical (unpaired) electrons. The standard InChI is InChI=1S/C13H14F4O2/c1-3-8(4-2)12(18)19-10-7-5-6-9(11(10)14)13(15,16)17/h5-8H,3-4H2,1-2H3. The van der Waals surface area contributed by atoms with Crippen molar-refractivity contribution in [3.05, 3.63) is 29.6 Å². The lowest BCUT2D eigenvalue weighted by atomic mass is 10.0. The van der Waals surface area contributed by atoms with Gasteiger partial charge in [0.2, 0.25) is 0 Å². The zero-order valence-corrected chi connectivity index (χ0v) is 10.6. The minimum absolute atomic E-state index is 0.450. The van der Waals surface area contributed by atoms with Crippen molar-refractivity contribution in [3.8, 4) is 5.75 Å². The van der Waals surface area contributed by atoms with Crippen LogP contribution in [0.3, 0.4) is 0 Å². The van der Waals surface area contributed by atoms with Gasteiger partial charge in [0.25, 0.3) is 0 Å². The SMILES string of the molecule is CCC(CC)C(=O)Oc1cccc(C(F)(F)F)c1F. The third kappa shape index (κ3) is 3.68. The molecule has 0 amide bonds. The first-order valence-corrected chi connectivity index (χ1v) is 5.88. The number of ether oxygens (including phenoxy) is 1. The smallest absolute Gasteiger partial charge is 0.419 e. The van der Waals surface area contributed by atoms with Gasteiger partial charge in [0.15, 0.2) is 11.6 Å². The van der Waals surface area contributed by atoms with Gasteiger partial charge in [-0.3, -0.25) is 4.79 Å². The molecule has 0 unspecified atom stereocenters. The van der Waals surface area contributed by atoms with Crippen LogP contribution in [0.15, 0.2) is 18.2 Å². The van der Waals surface area contributed by atoms with E-state index in [1.54, 1.807) is 13.8 Å². The predicted molar refractivity (Wildman–Crippen MR) is 61.1 cm³/mol. The van der Waals surface area contributed by atoms with Crippen molar-refractivity contribution in [1.82, 2.24) is 0 Å². The molecule has 0 bridgehead atoms. The molecule has 0 spiro atoms. The van der Waals surface area contributed by atoms with Crippen LogP contribution in [0.2, 0.25) is 0 Å². The molecule has 0 N–H and O–H groups in total. The van der Waals surface area contributed by atoms with E-state index in [0.717, 1.165) is 12.1 Å². The molecule has 0 aliphatic heterocycles. The fourth-order valence-electron chi connectivity index (χ4n) is 1.62. The number of hydrogen-bond acceptors (Lipinski definition) is 2. The molecule has 0 aliphatic carbocycles. The number of halogens is 4. The molecule has 1 aromatic rings. The Kier molecular flexibility index (Phi) is 4.91. The molecule has 1 aromatic carbocycles. The van der Waals surface area contributed by atoms with Crippen molar-refractivity contribution in [2.24, 2.45) is 5.92 Å². The lowest BCUT2D eigenvalue weighted by molar-refractivity contribution is -0.143. The van der Waals surface area contributed by atoms with Gasteiger partial charge in [-0.25, -0.2) is 4.39 Å². The van der Waals surface area contributed by atoms with Gasteiger partial charge in [-0.15, -0.1) is 0 Å². The Bertz CT molecular complexity index is 450. The largest absolute Gasteiger partial charge is 0.423 e. The van der Waals surface area contributed by atoms with Gasteiger partial charge in [0.1, 0.15) is 0 Å². The minimum Gasteiger partial charge on any atom is -0.423 e. The molecule has 0 aliphatic rings. The summed E-state index contributed by atoms with van der Waals surface area (Å²) in [7, 11) is 0. The highest BCUT2D eigenvalue weighted by molar-refractivity contribution is 5.75. The molecule has 0 heterocycles. The maximum atomic E-state index is 13.6. The van der Waals surface area contributed by atoms with Crippen LogP contribution in [-0.4, -0.2) is 5.97 Å². The topological polar surface area (TPSA) is 26.3 Å². The zero-order chi connectivity index (χ0) is 14.6. The number of alkyl halides is 3. The Balaban J connectivity index is 3.00. The van der Waals surface area contributed by atoms with Crippen molar-refractivity contribution in [2.45, 2.75) is 32.9 Å². The Hall–Kier alpha value is -1.59. The Labute approximate surface area is 108 Å². The van der Waals surface area contributed by atoms with Gasteiger partial charge in [0, 0.05) is 0 Å². The summed E-state index contributed by atoms with van der Waals surface area (Å²) >= 11 is 0. The number of hydrogen-bond donors (Lipinski definition) is 0. The van der Waals surface area contributed by atoms with E-state index in [4.69, 9.17) is 4.74 Å². The molecule has 0 saturated heterocycles. The van der Waals surface area contributed by atoms with Gasteiger partial charge < -0.3 is 4.74 Å². The third-order valence-corrected chi connectivity index (χ3v) is 2.80. The number of carbonyl (C=O) groups excluding carboxylic acids is 1. The highest BCUT2D eigenvalue weighted by atomic mass is 19.4. The highest BCUT2D eigenvalue weighted by Gasteiger charge is 2.35. The second-order valence-electron chi connectivity index (χ2n) is 4.05. The van der Waals surface area contributed by atoms with Gasteiger partial charge in [-0.2, -0.15) is 13.2 Å². The predicted octanol–water partition coefficient (Wildman–Crippen LogP) is 4.19. The van der Waals surface area contributed by atoms with Crippen LogP contribution in [0.1, 0.15) is 32.3 Å². The first kappa shape index (κ1) is 15.5. The molecule has 0 atom stereocenters. The minimum atomic E-state index is -4.82. The van der Waals surface area contributed by atoms with E-state index in [0.29, 0.717) is 18.9 Å². The van der Waals surface area contributed by atoms with Crippen LogP contribution in [0.4, 0.5) is 17.6 Å². The molecular weight excluding hydrogens is 264 g/mol. The fourth-order valence-corrected chi connectivity index (χ4v) is 1.62. The van der Waals surface area contributed by atoms with E-state index in [1.165, 1.54) is 0 Å². The number of rotatable bonds is 4. The summed E-state index contributed by atoms with van der Waals surface area (Å²) in [5, 5.41) is 0. The van der Waals surface area contributed by atoms with E-state index < -0.39 is 35.2 Å². The van der Waals surface area contributed by atoms with Gasteiger partial charge in [0.05, 0.1) is 11.5 Å². The Morgan fingerprint density at radius 1 is 1.26 bits per heavy atom. The Morgan fingerprint density at radius 3 is 2.32 bits per heavy atom. The van der Waals surface area contributed by atoms with Gasteiger partial charge in [-0.1, -0.05) is 19.9 Å². The normalized spacial score (nSPS) is 11.7. The molecule has 1 rings (SSSR count). The second kappa shape index (κ2) is 6.04.